The molecular weight excluding hydrogens is 244 g/mol. The quantitative estimate of drug-likeness (QED) is 0.824. The van der Waals surface area contributed by atoms with Gasteiger partial charge < -0.3 is 10.2 Å². The van der Waals surface area contributed by atoms with Crippen LogP contribution >= 0.6 is 0 Å². The molecule has 4 atom stereocenters. The second-order valence-electron chi connectivity index (χ2n) is 8.22. The number of nitrogens with zero attached hydrogens (tertiary/aromatic N) is 1. The van der Waals surface area contributed by atoms with Gasteiger partial charge in [-0.25, -0.2) is 0 Å². The van der Waals surface area contributed by atoms with Gasteiger partial charge >= 0.3 is 0 Å². The van der Waals surface area contributed by atoms with Crippen LogP contribution in [0.25, 0.3) is 0 Å². The number of nitrogens with one attached hydrogen (secondary N) is 1. The average Bonchev–Trinajstić information content (AvgIpc) is 2.67. The smallest absolute Gasteiger partial charge is 0.0159 e. The van der Waals surface area contributed by atoms with Crippen LogP contribution in [-0.2, 0) is 0 Å². The molecule has 1 aliphatic heterocycles. The Kier molecular flexibility index (Phi) is 5.53. The summed E-state index contributed by atoms with van der Waals surface area (Å²) >= 11 is 0. The van der Waals surface area contributed by atoms with Gasteiger partial charge in [0, 0.05) is 19.1 Å². The molecule has 0 bridgehead atoms. The van der Waals surface area contributed by atoms with Crippen molar-refractivity contribution < 1.29 is 0 Å². The van der Waals surface area contributed by atoms with Crippen molar-refractivity contribution in [3.63, 3.8) is 0 Å². The van der Waals surface area contributed by atoms with E-state index in [-0.39, 0.29) is 0 Å². The van der Waals surface area contributed by atoms with Crippen molar-refractivity contribution in [2.45, 2.75) is 66.3 Å². The topological polar surface area (TPSA) is 15.3 Å². The van der Waals surface area contributed by atoms with Crippen molar-refractivity contribution in [2.75, 3.05) is 26.2 Å². The maximum Gasteiger partial charge on any atom is 0.0159 e. The van der Waals surface area contributed by atoms with Gasteiger partial charge in [-0.1, -0.05) is 34.6 Å². The third kappa shape index (κ3) is 3.76. The summed E-state index contributed by atoms with van der Waals surface area (Å²) in [5, 5.41) is 3.85. The van der Waals surface area contributed by atoms with E-state index >= 15 is 0 Å². The largest absolute Gasteiger partial charge is 0.313 e. The molecule has 0 aromatic heterocycles. The molecule has 1 heterocycles. The van der Waals surface area contributed by atoms with Gasteiger partial charge in [0.05, 0.1) is 0 Å². The van der Waals surface area contributed by atoms with Crippen molar-refractivity contribution in [3.05, 3.63) is 0 Å². The highest BCUT2D eigenvalue weighted by atomic mass is 15.1. The molecule has 2 heteroatoms. The first kappa shape index (κ1) is 16.3. The third-order valence-corrected chi connectivity index (χ3v) is 6.00. The molecule has 0 aromatic carbocycles. The SMILES string of the molecule is CCCNC1C(CN2CCC(C)C(C)C2)CCC1(C)C. The van der Waals surface area contributed by atoms with Crippen LogP contribution in [0.2, 0.25) is 0 Å². The second kappa shape index (κ2) is 6.79. The van der Waals surface area contributed by atoms with E-state index < -0.39 is 0 Å². The average molecular weight is 280 g/mol. The Bertz CT molecular complexity index is 300. The Labute approximate surface area is 126 Å². The summed E-state index contributed by atoms with van der Waals surface area (Å²) in [5.41, 5.74) is 0.481. The van der Waals surface area contributed by atoms with E-state index in [0.717, 1.165) is 23.8 Å². The highest BCUT2D eigenvalue weighted by Gasteiger charge is 2.42. The van der Waals surface area contributed by atoms with Crippen LogP contribution in [0.5, 0.6) is 0 Å². The van der Waals surface area contributed by atoms with E-state index in [0.29, 0.717) is 5.41 Å². The van der Waals surface area contributed by atoms with Gasteiger partial charge in [0.25, 0.3) is 0 Å². The molecular formula is C18H36N2. The molecule has 2 nitrogen and oxygen atoms in total. The lowest BCUT2D eigenvalue weighted by atomic mass is 9.83. The standard InChI is InChI=1S/C18H36N2/c1-6-10-19-17-16(7-9-18(17,4)5)13-20-11-8-14(2)15(3)12-20/h14-17,19H,6-13H2,1-5H3. The van der Waals surface area contributed by atoms with E-state index in [1.807, 2.05) is 0 Å². The Balaban J connectivity index is 1.90. The molecule has 1 N–H and O–H groups in total. The molecule has 0 aromatic rings. The zero-order valence-electron chi connectivity index (χ0n) is 14.4. The lowest BCUT2D eigenvalue weighted by Crippen LogP contribution is -2.48. The monoisotopic (exact) mass is 280 g/mol. The fourth-order valence-corrected chi connectivity index (χ4v) is 4.30. The normalized spacial score (nSPS) is 38.2. The van der Waals surface area contributed by atoms with E-state index in [4.69, 9.17) is 0 Å². The van der Waals surface area contributed by atoms with E-state index in [9.17, 15) is 0 Å². The molecule has 0 radical (unpaired) electrons. The van der Waals surface area contributed by atoms with Gasteiger partial charge in [-0.2, -0.15) is 0 Å². The van der Waals surface area contributed by atoms with Crippen LogP contribution in [0.3, 0.4) is 0 Å². The lowest BCUT2D eigenvalue weighted by Gasteiger charge is -2.39. The molecule has 2 aliphatic rings. The number of likely N-dealkylation sites (tertiary alicyclic amines) is 1. The van der Waals surface area contributed by atoms with Crippen molar-refractivity contribution in [1.29, 1.82) is 0 Å². The minimum Gasteiger partial charge on any atom is -0.313 e. The summed E-state index contributed by atoms with van der Waals surface area (Å²) in [6, 6.07) is 0.720. The minimum atomic E-state index is 0.481. The summed E-state index contributed by atoms with van der Waals surface area (Å²) in [7, 11) is 0. The molecule has 2 rings (SSSR count). The maximum atomic E-state index is 3.85. The lowest BCUT2D eigenvalue weighted by molar-refractivity contribution is 0.108. The zero-order valence-corrected chi connectivity index (χ0v) is 14.4. The van der Waals surface area contributed by atoms with E-state index in [1.165, 1.54) is 51.9 Å². The van der Waals surface area contributed by atoms with Gasteiger partial charge in [-0.3, -0.25) is 0 Å². The third-order valence-electron chi connectivity index (χ3n) is 6.00. The fourth-order valence-electron chi connectivity index (χ4n) is 4.30. The zero-order chi connectivity index (χ0) is 14.8. The van der Waals surface area contributed by atoms with Gasteiger partial charge in [0.2, 0.25) is 0 Å². The van der Waals surface area contributed by atoms with Crippen molar-refractivity contribution in [3.8, 4) is 0 Å². The molecule has 118 valence electrons. The van der Waals surface area contributed by atoms with Crippen LogP contribution in [0.1, 0.15) is 60.3 Å². The fraction of sp³-hybridized carbons (Fsp3) is 1.00. The molecule has 1 saturated carbocycles. The maximum absolute atomic E-state index is 3.85. The van der Waals surface area contributed by atoms with Crippen molar-refractivity contribution in [1.82, 2.24) is 10.2 Å². The van der Waals surface area contributed by atoms with Crippen LogP contribution in [0, 0.1) is 23.2 Å². The van der Waals surface area contributed by atoms with Crippen LogP contribution in [-0.4, -0.2) is 37.1 Å². The Morgan fingerprint density at radius 3 is 2.55 bits per heavy atom. The second-order valence-corrected chi connectivity index (χ2v) is 8.22. The Hall–Kier alpha value is -0.0800. The Morgan fingerprint density at radius 2 is 1.90 bits per heavy atom. The first-order chi connectivity index (χ1) is 9.44. The number of hydrogen-bond acceptors (Lipinski definition) is 2. The molecule has 4 unspecified atom stereocenters. The first-order valence-corrected chi connectivity index (χ1v) is 8.89. The molecule has 0 amide bonds. The van der Waals surface area contributed by atoms with Crippen molar-refractivity contribution >= 4 is 0 Å². The summed E-state index contributed by atoms with van der Waals surface area (Å²) in [4.78, 5) is 2.75. The molecule has 1 saturated heterocycles. The number of hydrogen-bond donors (Lipinski definition) is 1. The molecule has 20 heavy (non-hydrogen) atoms. The van der Waals surface area contributed by atoms with Gasteiger partial charge in [0.1, 0.15) is 0 Å². The highest BCUT2D eigenvalue weighted by molar-refractivity contribution is 4.97. The number of rotatable bonds is 5. The van der Waals surface area contributed by atoms with E-state index in [1.54, 1.807) is 0 Å². The van der Waals surface area contributed by atoms with E-state index in [2.05, 4.69) is 44.8 Å². The first-order valence-electron chi connectivity index (χ1n) is 8.89. The van der Waals surface area contributed by atoms with Gasteiger partial charge in [0.15, 0.2) is 0 Å². The summed E-state index contributed by atoms with van der Waals surface area (Å²) in [6.07, 6.45) is 5.44. The summed E-state index contributed by atoms with van der Waals surface area (Å²) in [6.45, 7) is 17.2. The van der Waals surface area contributed by atoms with Crippen molar-refractivity contribution in [2.24, 2.45) is 23.2 Å². The predicted octanol–water partition coefficient (Wildman–Crippen LogP) is 3.77. The summed E-state index contributed by atoms with van der Waals surface area (Å²) in [5.74, 6) is 2.65. The highest BCUT2D eigenvalue weighted by Crippen LogP contribution is 2.42. The van der Waals surface area contributed by atoms with Crippen LogP contribution in [0.15, 0.2) is 0 Å². The summed E-state index contributed by atoms with van der Waals surface area (Å²) < 4.78 is 0. The predicted molar refractivity (Wildman–Crippen MR) is 88.0 cm³/mol. The molecule has 1 aliphatic carbocycles. The Morgan fingerprint density at radius 1 is 1.15 bits per heavy atom. The molecule has 0 spiro atoms. The van der Waals surface area contributed by atoms with Crippen LogP contribution < -0.4 is 5.32 Å². The van der Waals surface area contributed by atoms with Gasteiger partial charge in [-0.15, -0.1) is 0 Å². The number of piperidine rings is 1. The van der Waals surface area contributed by atoms with Crippen LogP contribution in [0.4, 0.5) is 0 Å². The molecule has 2 fully saturated rings. The van der Waals surface area contributed by atoms with Gasteiger partial charge in [-0.05, 0) is 61.9 Å². The minimum absolute atomic E-state index is 0.481.